The van der Waals surface area contributed by atoms with Crippen molar-refractivity contribution in [2.45, 2.75) is 13.5 Å². The first-order valence-corrected chi connectivity index (χ1v) is 8.20. The number of fused-ring (bicyclic) bond motifs is 1. The second kappa shape index (κ2) is 6.76. The summed E-state index contributed by atoms with van der Waals surface area (Å²) in [5, 5.41) is 0. The highest BCUT2D eigenvalue weighted by molar-refractivity contribution is 5.90. The first kappa shape index (κ1) is 16.0. The van der Waals surface area contributed by atoms with Crippen LogP contribution in [0.2, 0.25) is 0 Å². The molecule has 0 fully saturated rings. The number of hydrogen-bond acceptors (Lipinski definition) is 5. The van der Waals surface area contributed by atoms with Gasteiger partial charge in [-0.05, 0) is 17.7 Å². The zero-order valence-corrected chi connectivity index (χ0v) is 14.2. The monoisotopic (exact) mass is 344 g/mol. The van der Waals surface area contributed by atoms with Crippen LogP contribution in [0.25, 0.3) is 22.4 Å². The lowest BCUT2D eigenvalue weighted by atomic mass is 10.1. The van der Waals surface area contributed by atoms with Gasteiger partial charge in [-0.3, -0.25) is 4.79 Å². The van der Waals surface area contributed by atoms with E-state index in [2.05, 4.69) is 27.1 Å². The van der Waals surface area contributed by atoms with Crippen LogP contribution in [0, 0.1) is 0 Å². The molecule has 0 N–H and O–H groups in total. The molecule has 0 aliphatic rings. The van der Waals surface area contributed by atoms with Crippen molar-refractivity contribution in [1.82, 2.24) is 19.5 Å². The molecule has 0 radical (unpaired) electrons. The smallest absolute Gasteiger partial charge is 0.308 e. The molecule has 0 bridgehead atoms. The van der Waals surface area contributed by atoms with Gasteiger partial charge in [-0.25, -0.2) is 15.0 Å². The zero-order chi connectivity index (χ0) is 17.9. The Morgan fingerprint density at radius 3 is 2.58 bits per heavy atom. The van der Waals surface area contributed by atoms with Gasteiger partial charge in [0.25, 0.3) is 0 Å². The molecule has 6 nitrogen and oxygen atoms in total. The third-order valence-electron chi connectivity index (χ3n) is 3.99. The van der Waals surface area contributed by atoms with Crippen molar-refractivity contribution < 1.29 is 9.53 Å². The first-order valence-electron chi connectivity index (χ1n) is 8.20. The Hall–Kier alpha value is -3.54. The summed E-state index contributed by atoms with van der Waals surface area (Å²) in [6, 6.07) is 17.4. The lowest BCUT2D eigenvalue weighted by Crippen LogP contribution is -2.03. The SMILES string of the molecule is CC(=O)Oc1ccccc1-c1ncnc2c1ncn2Cc1ccccc1. The number of benzene rings is 2. The van der Waals surface area contributed by atoms with Crippen molar-refractivity contribution in [2.75, 3.05) is 0 Å². The lowest BCUT2D eigenvalue weighted by Gasteiger charge is -2.09. The minimum Gasteiger partial charge on any atom is -0.426 e. The number of para-hydroxylation sites is 1. The number of hydrogen-bond donors (Lipinski definition) is 0. The maximum absolute atomic E-state index is 11.4. The van der Waals surface area contributed by atoms with E-state index in [0.29, 0.717) is 29.1 Å². The van der Waals surface area contributed by atoms with Crippen LogP contribution in [0.3, 0.4) is 0 Å². The molecule has 0 saturated carbocycles. The van der Waals surface area contributed by atoms with Crippen LogP contribution in [0.5, 0.6) is 5.75 Å². The largest absolute Gasteiger partial charge is 0.426 e. The van der Waals surface area contributed by atoms with E-state index in [1.807, 2.05) is 41.0 Å². The standard InChI is InChI=1S/C20H16N4O2/c1-14(25)26-17-10-6-5-9-16(17)18-19-20(22-12-21-18)24(13-23-19)11-15-7-3-2-4-8-15/h2-10,12-13H,11H2,1H3. The van der Waals surface area contributed by atoms with Crippen LogP contribution in [0.15, 0.2) is 67.3 Å². The fourth-order valence-electron chi connectivity index (χ4n) is 2.88. The Bertz CT molecular complexity index is 1070. The molecule has 0 atom stereocenters. The van der Waals surface area contributed by atoms with E-state index in [-0.39, 0.29) is 5.97 Å². The number of carbonyl (C=O) groups is 1. The van der Waals surface area contributed by atoms with Crippen LogP contribution in [0.1, 0.15) is 12.5 Å². The van der Waals surface area contributed by atoms with E-state index in [4.69, 9.17) is 4.74 Å². The summed E-state index contributed by atoms with van der Waals surface area (Å²) in [4.78, 5) is 24.7. The van der Waals surface area contributed by atoms with Crippen molar-refractivity contribution in [1.29, 1.82) is 0 Å². The van der Waals surface area contributed by atoms with Crippen molar-refractivity contribution >= 4 is 17.1 Å². The lowest BCUT2D eigenvalue weighted by molar-refractivity contribution is -0.131. The van der Waals surface area contributed by atoms with E-state index in [1.54, 1.807) is 12.4 Å². The molecule has 0 spiro atoms. The molecule has 0 saturated heterocycles. The number of nitrogens with zero attached hydrogens (tertiary/aromatic N) is 4. The van der Waals surface area contributed by atoms with Gasteiger partial charge in [-0.1, -0.05) is 42.5 Å². The fourth-order valence-corrected chi connectivity index (χ4v) is 2.88. The Kier molecular flexibility index (Phi) is 4.15. The van der Waals surface area contributed by atoms with Crippen LogP contribution >= 0.6 is 0 Å². The second-order valence-corrected chi connectivity index (χ2v) is 5.84. The number of aromatic nitrogens is 4. The molecule has 0 aliphatic carbocycles. The van der Waals surface area contributed by atoms with E-state index >= 15 is 0 Å². The molecule has 4 aromatic rings. The second-order valence-electron chi connectivity index (χ2n) is 5.84. The third-order valence-corrected chi connectivity index (χ3v) is 3.99. The average molecular weight is 344 g/mol. The molecular formula is C20H16N4O2. The Morgan fingerprint density at radius 2 is 1.77 bits per heavy atom. The molecule has 6 heteroatoms. The number of rotatable bonds is 4. The van der Waals surface area contributed by atoms with Gasteiger partial charge in [0.2, 0.25) is 0 Å². The minimum absolute atomic E-state index is 0.377. The molecule has 4 rings (SSSR count). The van der Waals surface area contributed by atoms with Gasteiger partial charge in [0.1, 0.15) is 23.3 Å². The molecular weight excluding hydrogens is 328 g/mol. The molecule has 2 aromatic carbocycles. The van der Waals surface area contributed by atoms with Gasteiger partial charge in [-0.2, -0.15) is 0 Å². The summed E-state index contributed by atoms with van der Waals surface area (Å²) in [5.41, 5.74) is 3.91. The Morgan fingerprint density at radius 1 is 1.00 bits per heavy atom. The number of ether oxygens (including phenoxy) is 1. The van der Waals surface area contributed by atoms with Crippen molar-refractivity contribution in [3.63, 3.8) is 0 Å². The van der Waals surface area contributed by atoms with Crippen molar-refractivity contribution in [3.8, 4) is 17.0 Å². The zero-order valence-electron chi connectivity index (χ0n) is 14.2. The molecule has 26 heavy (non-hydrogen) atoms. The van der Waals surface area contributed by atoms with E-state index < -0.39 is 0 Å². The molecule has 2 aromatic heterocycles. The summed E-state index contributed by atoms with van der Waals surface area (Å²) in [5.74, 6) is 0.0787. The molecule has 0 amide bonds. The van der Waals surface area contributed by atoms with Gasteiger partial charge >= 0.3 is 5.97 Å². The summed E-state index contributed by atoms with van der Waals surface area (Å²) in [7, 11) is 0. The normalized spacial score (nSPS) is 10.8. The Balaban J connectivity index is 1.80. The Labute approximate surface area is 150 Å². The predicted molar refractivity (Wildman–Crippen MR) is 97.6 cm³/mol. The van der Waals surface area contributed by atoms with Crippen LogP contribution < -0.4 is 4.74 Å². The molecule has 0 aliphatic heterocycles. The van der Waals surface area contributed by atoms with E-state index in [1.165, 1.54) is 13.3 Å². The fraction of sp³-hybridized carbons (Fsp3) is 0.100. The molecule has 0 unspecified atom stereocenters. The van der Waals surface area contributed by atoms with Crippen molar-refractivity contribution in [3.05, 3.63) is 72.8 Å². The van der Waals surface area contributed by atoms with Gasteiger partial charge < -0.3 is 9.30 Å². The first-order chi connectivity index (χ1) is 12.7. The summed E-state index contributed by atoms with van der Waals surface area (Å²) in [6.07, 6.45) is 3.26. The van der Waals surface area contributed by atoms with Gasteiger partial charge in [0.05, 0.1) is 12.9 Å². The van der Waals surface area contributed by atoms with Crippen LogP contribution in [-0.2, 0) is 11.3 Å². The highest BCUT2D eigenvalue weighted by Gasteiger charge is 2.16. The van der Waals surface area contributed by atoms with Gasteiger partial charge in [0, 0.05) is 12.5 Å². The van der Waals surface area contributed by atoms with Gasteiger partial charge in [0.15, 0.2) is 5.65 Å². The summed E-state index contributed by atoms with van der Waals surface area (Å²) in [6.45, 7) is 2.04. The highest BCUT2D eigenvalue weighted by Crippen LogP contribution is 2.32. The quantitative estimate of drug-likeness (QED) is 0.419. The summed E-state index contributed by atoms with van der Waals surface area (Å²) >= 11 is 0. The van der Waals surface area contributed by atoms with Gasteiger partial charge in [-0.15, -0.1) is 0 Å². The van der Waals surface area contributed by atoms with Crippen LogP contribution in [-0.4, -0.2) is 25.5 Å². The summed E-state index contributed by atoms with van der Waals surface area (Å²) < 4.78 is 7.29. The number of carbonyl (C=O) groups excluding carboxylic acids is 1. The predicted octanol–water partition coefficient (Wildman–Crippen LogP) is 3.47. The minimum atomic E-state index is -0.377. The number of imidazole rings is 1. The maximum atomic E-state index is 11.4. The third kappa shape index (κ3) is 3.04. The molecule has 128 valence electrons. The van der Waals surface area contributed by atoms with Crippen molar-refractivity contribution in [2.24, 2.45) is 0 Å². The average Bonchev–Trinajstić information content (AvgIpc) is 3.06. The van der Waals surface area contributed by atoms with Crippen LogP contribution in [0.4, 0.5) is 0 Å². The maximum Gasteiger partial charge on any atom is 0.308 e. The highest BCUT2D eigenvalue weighted by atomic mass is 16.5. The van der Waals surface area contributed by atoms with E-state index in [0.717, 1.165) is 11.2 Å². The van der Waals surface area contributed by atoms with E-state index in [9.17, 15) is 4.79 Å². The topological polar surface area (TPSA) is 69.9 Å². The number of esters is 1. The molecule has 2 heterocycles.